The van der Waals surface area contributed by atoms with Gasteiger partial charge in [0.15, 0.2) is 0 Å². The lowest BCUT2D eigenvalue weighted by atomic mass is 9.89. The van der Waals surface area contributed by atoms with E-state index >= 15 is 0 Å². The highest BCUT2D eigenvalue weighted by atomic mass is 14.2. The Kier molecular flexibility index (Phi) is 4.78. The Hall–Kier alpha value is -3.90. The Bertz CT molecular complexity index is 1610. The number of hydrogen-bond acceptors (Lipinski definition) is 0. The molecule has 0 saturated heterocycles. The Morgan fingerprint density at radius 1 is 0.294 bits per heavy atom. The molecule has 0 nitrogen and oxygen atoms in total. The minimum absolute atomic E-state index is 1.27. The molecule has 0 unspecified atom stereocenters. The summed E-state index contributed by atoms with van der Waals surface area (Å²) in [6, 6.07) is 36.4. The van der Waals surface area contributed by atoms with E-state index in [-0.39, 0.29) is 0 Å². The van der Waals surface area contributed by atoms with Crippen molar-refractivity contribution >= 4 is 32.3 Å². The second kappa shape index (κ2) is 7.85. The normalized spacial score (nSPS) is 11.5. The molecule has 6 aromatic rings. The average molecular weight is 437 g/mol. The van der Waals surface area contributed by atoms with E-state index in [1.54, 1.807) is 0 Å². The topological polar surface area (TPSA) is 0 Å². The van der Waals surface area contributed by atoms with Gasteiger partial charge in [-0.25, -0.2) is 0 Å². The van der Waals surface area contributed by atoms with Gasteiger partial charge < -0.3 is 0 Å². The van der Waals surface area contributed by atoms with Crippen molar-refractivity contribution in [3.8, 4) is 22.3 Å². The molecule has 0 bridgehead atoms. The SMILES string of the molecule is Cc1cc(C)cc(-c2ccc3c(c2)c2ccccc2c2ccc(-c4cc(C)cc(C)c4)cc23)c1. The van der Waals surface area contributed by atoms with Gasteiger partial charge in [0.2, 0.25) is 0 Å². The van der Waals surface area contributed by atoms with Gasteiger partial charge in [0.1, 0.15) is 0 Å². The van der Waals surface area contributed by atoms with Gasteiger partial charge in [-0.15, -0.1) is 0 Å². The van der Waals surface area contributed by atoms with E-state index in [0.29, 0.717) is 0 Å². The average Bonchev–Trinajstić information content (AvgIpc) is 2.82. The fourth-order valence-corrected chi connectivity index (χ4v) is 5.60. The zero-order chi connectivity index (χ0) is 23.4. The van der Waals surface area contributed by atoms with Crippen LogP contribution in [0, 0.1) is 27.7 Å². The first-order chi connectivity index (χ1) is 16.5. The van der Waals surface area contributed by atoms with Crippen LogP contribution in [0.2, 0.25) is 0 Å². The summed E-state index contributed by atoms with van der Waals surface area (Å²) in [5.41, 5.74) is 10.3. The van der Waals surface area contributed by atoms with E-state index in [0.717, 1.165) is 0 Å². The first kappa shape index (κ1) is 20.7. The van der Waals surface area contributed by atoms with Gasteiger partial charge in [-0.3, -0.25) is 0 Å². The summed E-state index contributed by atoms with van der Waals surface area (Å²) >= 11 is 0. The molecular weight excluding hydrogens is 408 g/mol. The quantitative estimate of drug-likeness (QED) is 0.237. The molecule has 0 amide bonds. The number of fused-ring (bicyclic) bond motifs is 6. The second-order valence-corrected chi connectivity index (χ2v) is 9.82. The fourth-order valence-electron chi connectivity index (χ4n) is 5.60. The molecule has 34 heavy (non-hydrogen) atoms. The third kappa shape index (κ3) is 3.47. The second-order valence-electron chi connectivity index (χ2n) is 9.82. The molecule has 0 fully saturated rings. The third-order valence-electron chi connectivity index (χ3n) is 6.95. The van der Waals surface area contributed by atoms with Crippen LogP contribution in [0.4, 0.5) is 0 Å². The summed E-state index contributed by atoms with van der Waals surface area (Å²) in [6.07, 6.45) is 0. The van der Waals surface area contributed by atoms with Crippen LogP contribution in [0.25, 0.3) is 54.6 Å². The maximum absolute atomic E-state index is 2.38. The van der Waals surface area contributed by atoms with Crippen LogP contribution in [0.15, 0.2) is 97.1 Å². The van der Waals surface area contributed by atoms with Crippen LogP contribution in [0.5, 0.6) is 0 Å². The molecule has 0 atom stereocenters. The Morgan fingerprint density at radius 3 is 1.09 bits per heavy atom. The predicted molar refractivity (Wildman–Crippen MR) is 149 cm³/mol. The van der Waals surface area contributed by atoms with E-state index in [1.807, 2.05) is 0 Å². The zero-order valence-electron chi connectivity index (χ0n) is 20.2. The summed E-state index contributed by atoms with van der Waals surface area (Å²) in [5.74, 6) is 0. The van der Waals surface area contributed by atoms with E-state index in [2.05, 4.69) is 125 Å². The van der Waals surface area contributed by atoms with Gasteiger partial charge in [-0.2, -0.15) is 0 Å². The maximum Gasteiger partial charge on any atom is -0.00928 e. The van der Waals surface area contributed by atoms with Gasteiger partial charge >= 0.3 is 0 Å². The summed E-state index contributed by atoms with van der Waals surface area (Å²) in [7, 11) is 0. The standard InChI is InChI=1S/C34H28/c1-21-13-22(2)16-27(15-21)25-9-11-31-29-7-5-6-8-30(29)33-19-26(10-12-32(33)34(31)20-25)28-17-23(3)14-24(4)18-28/h5-20H,1-4H3. The van der Waals surface area contributed by atoms with Crippen molar-refractivity contribution in [2.24, 2.45) is 0 Å². The summed E-state index contributed by atoms with van der Waals surface area (Å²) in [4.78, 5) is 0. The van der Waals surface area contributed by atoms with Gasteiger partial charge in [-0.1, -0.05) is 107 Å². The van der Waals surface area contributed by atoms with Crippen LogP contribution < -0.4 is 0 Å². The summed E-state index contributed by atoms with van der Waals surface area (Å²) in [6.45, 7) is 8.70. The highest BCUT2D eigenvalue weighted by molar-refractivity contribution is 6.26. The lowest BCUT2D eigenvalue weighted by molar-refractivity contribution is 1.38. The Balaban J connectivity index is 1.67. The molecule has 0 aliphatic carbocycles. The van der Waals surface area contributed by atoms with Gasteiger partial charge in [0, 0.05) is 0 Å². The van der Waals surface area contributed by atoms with Crippen molar-refractivity contribution in [3.05, 3.63) is 119 Å². The van der Waals surface area contributed by atoms with Crippen LogP contribution in [-0.4, -0.2) is 0 Å². The first-order valence-electron chi connectivity index (χ1n) is 12.0. The van der Waals surface area contributed by atoms with Crippen molar-refractivity contribution in [1.82, 2.24) is 0 Å². The Labute approximate surface area is 201 Å². The minimum atomic E-state index is 1.27. The molecule has 0 saturated carbocycles. The minimum Gasteiger partial charge on any atom is -0.0616 e. The monoisotopic (exact) mass is 436 g/mol. The maximum atomic E-state index is 2.38. The van der Waals surface area contributed by atoms with Crippen molar-refractivity contribution in [3.63, 3.8) is 0 Å². The van der Waals surface area contributed by atoms with E-state index in [9.17, 15) is 0 Å². The van der Waals surface area contributed by atoms with Gasteiger partial charge in [0.25, 0.3) is 0 Å². The lowest BCUT2D eigenvalue weighted by Gasteiger charge is -2.14. The van der Waals surface area contributed by atoms with Crippen LogP contribution in [0.3, 0.4) is 0 Å². The molecule has 0 heteroatoms. The van der Waals surface area contributed by atoms with Crippen molar-refractivity contribution in [1.29, 1.82) is 0 Å². The van der Waals surface area contributed by atoms with E-state index in [4.69, 9.17) is 0 Å². The highest BCUT2D eigenvalue weighted by Crippen LogP contribution is 2.39. The third-order valence-corrected chi connectivity index (χ3v) is 6.95. The van der Waals surface area contributed by atoms with E-state index < -0.39 is 0 Å². The molecule has 0 spiro atoms. The Morgan fingerprint density at radius 2 is 0.647 bits per heavy atom. The van der Waals surface area contributed by atoms with Crippen molar-refractivity contribution in [2.75, 3.05) is 0 Å². The molecule has 164 valence electrons. The molecule has 0 heterocycles. The summed E-state index contributed by atoms with van der Waals surface area (Å²) < 4.78 is 0. The number of hydrogen-bond donors (Lipinski definition) is 0. The van der Waals surface area contributed by atoms with Gasteiger partial charge in [-0.05, 0) is 94.4 Å². The lowest BCUT2D eigenvalue weighted by Crippen LogP contribution is -1.88. The van der Waals surface area contributed by atoms with Gasteiger partial charge in [0.05, 0.1) is 0 Å². The predicted octanol–water partition coefficient (Wildman–Crippen LogP) is 9.71. The van der Waals surface area contributed by atoms with Crippen LogP contribution in [-0.2, 0) is 0 Å². The summed E-state index contributed by atoms with van der Waals surface area (Å²) in [5, 5.41) is 7.89. The zero-order valence-corrected chi connectivity index (χ0v) is 20.2. The highest BCUT2D eigenvalue weighted by Gasteiger charge is 2.12. The molecule has 0 aliphatic heterocycles. The van der Waals surface area contributed by atoms with Crippen molar-refractivity contribution < 1.29 is 0 Å². The fraction of sp³-hybridized carbons (Fsp3) is 0.118. The molecule has 6 rings (SSSR count). The molecule has 0 aliphatic rings. The van der Waals surface area contributed by atoms with Crippen molar-refractivity contribution in [2.45, 2.75) is 27.7 Å². The van der Waals surface area contributed by atoms with E-state index in [1.165, 1.54) is 76.8 Å². The smallest absolute Gasteiger partial charge is 0.00928 e. The molecule has 0 N–H and O–H groups in total. The van der Waals surface area contributed by atoms with Crippen LogP contribution >= 0.6 is 0 Å². The largest absolute Gasteiger partial charge is 0.0616 e. The number of rotatable bonds is 2. The molecule has 0 aromatic heterocycles. The molecule has 6 aromatic carbocycles. The first-order valence-corrected chi connectivity index (χ1v) is 12.0. The van der Waals surface area contributed by atoms with Crippen LogP contribution in [0.1, 0.15) is 22.3 Å². The molecule has 0 radical (unpaired) electrons. The molecular formula is C34H28. The number of aryl methyl sites for hydroxylation is 4. The number of benzene rings is 6.